The topological polar surface area (TPSA) is 69.0 Å². The molecule has 1 aliphatic heterocycles. The summed E-state index contributed by atoms with van der Waals surface area (Å²) in [5, 5.41) is 3.91. The van der Waals surface area contributed by atoms with E-state index in [1.54, 1.807) is 6.20 Å². The second kappa shape index (κ2) is 7.27. The molecule has 0 spiro atoms. The van der Waals surface area contributed by atoms with Gasteiger partial charge in [0.15, 0.2) is 11.3 Å². The highest BCUT2D eigenvalue weighted by Gasteiger charge is 2.56. The van der Waals surface area contributed by atoms with Gasteiger partial charge in [0.25, 0.3) is 6.43 Å². The number of aromatic nitrogens is 5. The van der Waals surface area contributed by atoms with E-state index in [4.69, 9.17) is 4.74 Å². The number of halogens is 5. The van der Waals surface area contributed by atoms with E-state index in [2.05, 4.69) is 20.1 Å². The van der Waals surface area contributed by atoms with Gasteiger partial charge in [-0.15, -0.1) is 0 Å². The molecule has 1 saturated carbocycles. The Morgan fingerprint density at radius 2 is 1.90 bits per heavy atom. The average molecular weight is 440 g/mol. The molecular weight excluding hydrogens is 423 g/mol. The number of nitrogens with zero attached hydrogens (tertiary/aromatic N) is 6. The first-order valence-electron chi connectivity index (χ1n) is 9.68. The van der Waals surface area contributed by atoms with Gasteiger partial charge >= 0.3 is 6.18 Å². The van der Waals surface area contributed by atoms with Crippen LogP contribution >= 0.6 is 0 Å². The van der Waals surface area contributed by atoms with Crippen LogP contribution in [0.25, 0.3) is 11.2 Å². The first-order valence-corrected chi connectivity index (χ1v) is 9.68. The quantitative estimate of drug-likeness (QED) is 0.548. The van der Waals surface area contributed by atoms with Crippen LogP contribution in [0, 0.1) is 17.8 Å². The number of fused-ring (bicyclic) bond motifs is 2. The Hall–Kier alpha value is -3.05. The Labute approximate surface area is 172 Å². The minimum Gasteiger partial charge on any atom is -0.491 e. The molecule has 0 aromatic carbocycles. The molecule has 3 atom stereocenters. The first kappa shape index (κ1) is 19.9. The highest BCUT2D eigenvalue weighted by atomic mass is 19.4. The summed E-state index contributed by atoms with van der Waals surface area (Å²) in [4.78, 5) is 14.1. The number of pyridine rings is 1. The molecule has 2 fully saturated rings. The smallest absolute Gasteiger partial charge is 0.437 e. The highest BCUT2D eigenvalue weighted by molar-refractivity contribution is 5.71. The summed E-state index contributed by atoms with van der Waals surface area (Å²) in [7, 11) is 0. The first-order chi connectivity index (χ1) is 14.8. The zero-order valence-corrected chi connectivity index (χ0v) is 16.0. The van der Waals surface area contributed by atoms with E-state index in [1.807, 2.05) is 4.90 Å². The minimum absolute atomic E-state index is 0.151. The van der Waals surface area contributed by atoms with Crippen LogP contribution in [0.4, 0.5) is 27.8 Å². The van der Waals surface area contributed by atoms with Gasteiger partial charge in [0.2, 0.25) is 0 Å². The number of alkyl halides is 5. The van der Waals surface area contributed by atoms with Crippen molar-refractivity contribution in [3.8, 4) is 5.75 Å². The summed E-state index contributed by atoms with van der Waals surface area (Å²) in [6, 6.07) is 2.68. The zero-order chi connectivity index (χ0) is 21.8. The van der Waals surface area contributed by atoms with E-state index in [-0.39, 0.29) is 30.1 Å². The fourth-order valence-corrected chi connectivity index (χ4v) is 4.25. The van der Waals surface area contributed by atoms with Gasteiger partial charge in [-0.2, -0.15) is 18.3 Å². The average Bonchev–Trinajstić information content (AvgIpc) is 3.04. The maximum Gasteiger partial charge on any atom is 0.437 e. The lowest BCUT2D eigenvalue weighted by Gasteiger charge is -2.21. The number of ether oxygens (including phenoxy) is 1. The Balaban J connectivity index is 1.22. The van der Waals surface area contributed by atoms with Gasteiger partial charge < -0.3 is 9.64 Å². The molecule has 1 saturated heterocycles. The minimum atomic E-state index is -4.57. The molecule has 2 aliphatic rings. The van der Waals surface area contributed by atoms with Gasteiger partial charge in [0.1, 0.15) is 23.6 Å². The van der Waals surface area contributed by atoms with Crippen molar-refractivity contribution in [2.75, 3.05) is 24.6 Å². The summed E-state index contributed by atoms with van der Waals surface area (Å²) in [5.41, 5.74) is -0.280. The van der Waals surface area contributed by atoms with Crippen molar-refractivity contribution in [3.05, 3.63) is 36.4 Å². The monoisotopic (exact) mass is 440 g/mol. The molecule has 12 heteroatoms. The third-order valence-corrected chi connectivity index (χ3v) is 5.81. The van der Waals surface area contributed by atoms with Crippen molar-refractivity contribution in [2.24, 2.45) is 17.8 Å². The number of piperidine rings is 1. The van der Waals surface area contributed by atoms with E-state index in [0.29, 0.717) is 30.1 Å². The van der Waals surface area contributed by atoms with Crippen LogP contribution < -0.4 is 9.64 Å². The van der Waals surface area contributed by atoms with Crippen LogP contribution in [0.5, 0.6) is 5.75 Å². The maximum atomic E-state index is 13.0. The Morgan fingerprint density at radius 3 is 2.61 bits per heavy atom. The van der Waals surface area contributed by atoms with Crippen molar-refractivity contribution in [1.82, 2.24) is 24.7 Å². The predicted octanol–water partition coefficient (Wildman–Crippen LogP) is 3.27. The van der Waals surface area contributed by atoms with Crippen molar-refractivity contribution in [3.63, 3.8) is 0 Å². The second-order valence-electron chi connectivity index (χ2n) is 7.71. The SMILES string of the molecule is FC(F)Cn1ncc2ncc(N3C[C@@H]4[C@H](COc5cccnc5C(F)(F)F)[C@@H]4C3)nc21. The molecule has 0 N–H and O–H groups in total. The van der Waals surface area contributed by atoms with Crippen molar-refractivity contribution >= 4 is 17.0 Å². The van der Waals surface area contributed by atoms with Gasteiger partial charge in [-0.25, -0.2) is 28.4 Å². The van der Waals surface area contributed by atoms with Crippen LogP contribution in [0.1, 0.15) is 5.69 Å². The van der Waals surface area contributed by atoms with Crippen LogP contribution in [-0.4, -0.2) is 50.9 Å². The Bertz CT molecular complexity index is 1090. The van der Waals surface area contributed by atoms with Crippen molar-refractivity contribution in [2.45, 2.75) is 19.1 Å². The fourth-order valence-electron chi connectivity index (χ4n) is 4.25. The Kier molecular flexibility index (Phi) is 4.67. The lowest BCUT2D eigenvalue weighted by atomic mass is 10.2. The molecule has 0 bridgehead atoms. The number of rotatable bonds is 6. The molecular formula is C19H17F5N6O. The standard InChI is InChI=1S/C19H17F5N6O/c20-15(21)8-30-18-13(4-27-30)26-5-16(28-18)29-6-10-11(7-29)12(10)9-31-14-2-1-3-25-17(14)19(22,23)24/h1-5,10-12,15H,6-9H2/t10-,11+,12-. The summed E-state index contributed by atoms with van der Waals surface area (Å²) in [6.45, 7) is 0.937. The second-order valence-corrected chi connectivity index (χ2v) is 7.71. The van der Waals surface area contributed by atoms with E-state index in [0.717, 1.165) is 10.9 Å². The molecule has 4 heterocycles. The van der Waals surface area contributed by atoms with E-state index in [1.165, 1.54) is 18.3 Å². The van der Waals surface area contributed by atoms with Crippen molar-refractivity contribution < 1.29 is 26.7 Å². The molecule has 3 aromatic heterocycles. The summed E-state index contributed by atoms with van der Waals surface area (Å²) >= 11 is 0. The third-order valence-electron chi connectivity index (χ3n) is 5.81. The molecule has 3 aromatic rings. The lowest BCUT2D eigenvalue weighted by Crippen LogP contribution is -2.26. The zero-order valence-electron chi connectivity index (χ0n) is 16.0. The predicted molar refractivity (Wildman–Crippen MR) is 98.7 cm³/mol. The van der Waals surface area contributed by atoms with Crippen LogP contribution in [0.2, 0.25) is 0 Å². The van der Waals surface area contributed by atoms with Gasteiger partial charge in [0.05, 0.1) is 19.0 Å². The lowest BCUT2D eigenvalue weighted by molar-refractivity contribution is -0.142. The third kappa shape index (κ3) is 3.74. The highest BCUT2D eigenvalue weighted by Crippen LogP contribution is 2.52. The largest absolute Gasteiger partial charge is 0.491 e. The van der Waals surface area contributed by atoms with Crippen LogP contribution in [-0.2, 0) is 12.7 Å². The van der Waals surface area contributed by atoms with E-state index in [9.17, 15) is 22.0 Å². The van der Waals surface area contributed by atoms with Gasteiger partial charge in [-0.1, -0.05) is 0 Å². The van der Waals surface area contributed by atoms with Gasteiger partial charge in [-0.3, -0.25) is 0 Å². The molecule has 0 amide bonds. The summed E-state index contributed by atoms with van der Waals surface area (Å²) < 4.78 is 71.1. The van der Waals surface area contributed by atoms with E-state index >= 15 is 0 Å². The molecule has 31 heavy (non-hydrogen) atoms. The van der Waals surface area contributed by atoms with Crippen molar-refractivity contribution in [1.29, 1.82) is 0 Å². The molecule has 0 radical (unpaired) electrons. The number of anilines is 1. The van der Waals surface area contributed by atoms with E-state index < -0.39 is 24.8 Å². The fraction of sp³-hybridized carbons (Fsp3) is 0.474. The van der Waals surface area contributed by atoms with Crippen LogP contribution in [0.15, 0.2) is 30.7 Å². The number of hydrogen-bond acceptors (Lipinski definition) is 6. The van der Waals surface area contributed by atoms with Gasteiger partial charge in [-0.05, 0) is 24.0 Å². The summed E-state index contributed by atoms with van der Waals surface area (Å²) in [5.74, 6) is 1.00. The molecule has 5 rings (SSSR count). The maximum absolute atomic E-state index is 13.0. The Morgan fingerprint density at radius 1 is 1.13 bits per heavy atom. The number of hydrogen-bond donors (Lipinski definition) is 0. The van der Waals surface area contributed by atoms with Gasteiger partial charge in [0, 0.05) is 25.2 Å². The molecule has 164 valence electrons. The molecule has 0 unspecified atom stereocenters. The summed E-state index contributed by atoms with van der Waals surface area (Å²) in [6.07, 6.45) is -3.05. The molecule has 7 nitrogen and oxygen atoms in total. The normalized spacial score (nSPS) is 22.9. The molecule has 1 aliphatic carbocycles. The van der Waals surface area contributed by atoms with Crippen LogP contribution in [0.3, 0.4) is 0 Å².